The van der Waals surface area contributed by atoms with Crippen molar-refractivity contribution in [2.24, 2.45) is 5.92 Å². The van der Waals surface area contributed by atoms with Crippen LogP contribution in [-0.2, 0) is 4.79 Å². The van der Waals surface area contributed by atoms with Crippen molar-refractivity contribution in [2.45, 2.75) is 19.8 Å². The number of carbonyl (C=O) groups excluding carboxylic acids is 1. The number of amides is 1. The molecular formula is C23H23FN4O2. The number of carbonyl (C=O) groups is 1. The molecule has 0 saturated carbocycles. The van der Waals surface area contributed by atoms with Crippen LogP contribution in [0.15, 0.2) is 60.9 Å². The fraction of sp³-hybridized carbons (Fsp3) is 0.261. The van der Waals surface area contributed by atoms with Gasteiger partial charge in [-0.05, 0) is 49.6 Å². The standard InChI is InChI=1S/C23H23FN4O2/c1-16-6-2-3-10-20(16)30-23-21(25-11-12-26-23)28-13-5-7-17(15-28)22(29)27-19-9-4-8-18(24)14-19/h2-4,6,8-12,14,17H,5,7,13,15H2,1H3,(H,27,29). The lowest BCUT2D eigenvalue weighted by molar-refractivity contribution is -0.120. The van der Waals surface area contributed by atoms with Crippen molar-refractivity contribution in [3.8, 4) is 11.6 Å². The van der Waals surface area contributed by atoms with E-state index in [1.807, 2.05) is 36.1 Å². The van der Waals surface area contributed by atoms with E-state index < -0.39 is 0 Å². The SMILES string of the molecule is Cc1ccccc1Oc1nccnc1N1CCCC(C(=O)Nc2cccc(F)c2)C1. The van der Waals surface area contributed by atoms with E-state index in [2.05, 4.69) is 15.3 Å². The molecule has 1 unspecified atom stereocenters. The van der Waals surface area contributed by atoms with E-state index in [-0.39, 0.29) is 17.6 Å². The lowest BCUT2D eigenvalue weighted by Crippen LogP contribution is -2.41. The van der Waals surface area contributed by atoms with Gasteiger partial charge < -0.3 is 15.0 Å². The molecule has 2 aromatic carbocycles. The Kier molecular flexibility index (Phi) is 5.88. The number of anilines is 2. The van der Waals surface area contributed by atoms with E-state index in [4.69, 9.17) is 4.74 Å². The normalized spacial score (nSPS) is 16.2. The Balaban J connectivity index is 1.49. The first-order valence-corrected chi connectivity index (χ1v) is 9.96. The first kappa shape index (κ1) is 19.8. The number of halogens is 1. The third-order valence-corrected chi connectivity index (χ3v) is 5.13. The Morgan fingerprint density at radius 1 is 1.17 bits per heavy atom. The number of aryl methyl sites for hydroxylation is 1. The molecule has 1 fully saturated rings. The number of para-hydroxylation sites is 1. The number of rotatable bonds is 5. The van der Waals surface area contributed by atoms with E-state index in [0.717, 1.165) is 30.7 Å². The van der Waals surface area contributed by atoms with Crippen molar-refractivity contribution < 1.29 is 13.9 Å². The van der Waals surface area contributed by atoms with Crippen LogP contribution in [0.5, 0.6) is 11.6 Å². The van der Waals surface area contributed by atoms with Crippen LogP contribution in [-0.4, -0.2) is 29.0 Å². The Morgan fingerprint density at radius 3 is 2.83 bits per heavy atom. The highest BCUT2D eigenvalue weighted by molar-refractivity contribution is 5.93. The summed E-state index contributed by atoms with van der Waals surface area (Å²) in [5, 5.41) is 2.81. The maximum atomic E-state index is 13.4. The number of aromatic nitrogens is 2. The van der Waals surface area contributed by atoms with Gasteiger partial charge in [0.2, 0.25) is 5.91 Å². The van der Waals surface area contributed by atoms with Crippen LogP contribution in [0.3, 0.4) is 0 Å². The fourth-order valence-corrected chi connectivity index (χ4v) is 3.58. The number of hydrogen-bond acceptors (Lipinski definition) is 5. The predicted octanol–water partition coefficient (Wildman–Crippen LogP) is 4.57. The second kappa shape index (κ2) is 8.90. The lowest BCUT2D eigenvalue weighted by Gasteiger charge is -2.33. The summed E-state index contributed by atoms with van der Waals surface area (Å²) in [4.78, 5) is 23.6. The van der Waals surface area contributed by atoms with Crippen molar-refractivity contribution in [3.63, 3.8) is 0 Å². The molecular weight excluding hydrogens is 383 g/mol. The van der Waals surface area contributed by atoms with Crippen molar-refractivity contribution in [1.29, 1.82) is 0 Å². The molecule has 7 heteroatoms. The van der Waals surface area contributed by atoms with Gasteiger partial charge in [-0.2, -0.15) is 0 Å². The molecule has 1 amide bonds. The summed E-state index contributed by atoms with van der Waals surface area (Å²) in [6, 6.07) is 13.6. The molecule has 30 heavy (non-hydrogen) atoms. The molecule has 1 aromatic heterocycles. The van der Waals surface area contributed by atoms with Gasteiger partial charge >= 0.3 is 0 Å². The van der Waals surface area contributed by atoms with Crippen LogP contribution < -0.4 is 15.0 Å². The quantitative estimate of drug-likeness (QED) is 0.672. The second-order valence-corrected chi connectivity index (χ2v) is 7.34. The Labute approximate surface area is 174 Å². The predicted molar refractivity (Wildman–Crippen MR) is 113 cm³/mol. The van der Waals surface area contributed by atoms with Gasteiger partial charge in [-0.25, -0.2) is 14.4 Å². The molecule has 2 heterocycles. The second-order valence-electron chi connectivity index (χ2n) is 7.34. The molecule has 1 aliphatic heterocycles. The summed E-state index contributed by atoms with van der Waals surface area (Å²) in [5.41, 5.74) is 1.46. The number of piperidine rings is 1. The Morgan fingerprint density at radius 2 is 2.00 bits per heavy atom. The average Bonchev–Trinajstić information content (AvgIpc) is 2.76. The van der Waals surface area contributed by atoms with Crippen LogP contribution in [0.1, 0.15) is 18.4 Å². The molecule has 0 bridgehead atoms. The topological polar surface area (TPSA) is 67.4 Å². The Hall–Kier alpha value is -3.48. The van der Waals surface area contributed by atoms with E-state index in [9.17, 15) is 9.18 Å². The van der Waals surface area contributed by atoms with Crippen molar-refractivity contribution >= 4 is 17.4 Å². The van der Waals surface area contributed by atoms with E-state index in [1.165, 1.54) is 12.1 Å². The molecule has 0 spiro atoms. The van der Waals surface area contributed by atoms with Gasteiger partial charge in [-0.15, -0.1) is 0 Å². The molecule has 1 N–H and O–H groups in total. The largest absolute Gasteiger partial charge is 0.436 e. The summed E-state index contributed by atoms with van der Waals surface area (Å²) in [6.45, 7) is 3.22. The van der Waals surface area contributed by atoms with Gasteiger partial charge in [0.25, 0.3) is 5.88 Å². The molecule has 1 saturated heterocycles. The van der Waals surface area contributed by atoms with Crippen LogP contribution in [0, 0.1) is 18.7 Å². The molecule has 6 nitrogen and oxygen atoms in total. The third-order valence-electron chi connectivity index (χ3n) is 5.13. The first-order chi connectivity index (χ1) is 14.6. The minimum Gasteiger partial charge on any atom is -0.436 e. The number of nitrogens with zero attached hydrogens (tertiary/aromatic N) is 3. The Bertz CT molecular complexity index is 1040. The molecule has 1 aliphatic rings. The van der Waals surface area contributed by atoms with Gasteiger partial charge in [-0.1, -0.05) is 24.3 Å². The monoisotopic (exact) mass is 406 g/mol. The molecule has 3 aromatic rings. The highest BCUT2D eigenvalue weighted by Crippen LogP contribution is 2.32. The van der Waals surface area contributed by atoms with Gasteiger partial charge in [0.15, 0.2) is 5.82 Å². The molecule has 0 radical (unpaired) electrons. The summed E-state index contributed by atoms with van der Waals surface area (Å²) in [5.74, 6) is 1.00. The molecule has 1 atom stereocenters. The number of nitrogens with one attached hydrogen (secondary N) is 1. The van der Waals surface area contributed by atoms with Gasteiger partial charge in [0.05, 0.1) is 5.92 Å². The summed E-state index contributed by atoms with van der Waals surface area (Å²) < 4.78 is 19.4. The first-order valence-electron chi connectivity index (χ1n) is 9.96. The van der Waals surface area contributed by atoms with E-state index >= 15 is 0 Å². The minimum atomic E-state index is -0.379. The number of ether oxygens (including phenoxy) is 1. The molecule has 154 valence electrons. The number of benzene rings is 2. The van der Waals surface area contributed by atoms with E-state index in [0.29, 0.717) is 23.9 Å². The minimum absolute atomic E-state index is 0.129. The van der Waals surface area contributed by atoms with Crippen LogP contribution in [0.25, 0.3) is 0 Å². The summed E-state index contributed by atoms with van der Waals surface area (Å²) in [6.07, 6.45) is 4.80. The molecule has 4 rings (SSSR count). The van der Waals surface area contributed by atoms with Crippen molar-refractivity contribution in [1.82, 2.24) is 9.97 Å². The zero-order valence-electron chi connectivity index (χ0n) is 16.7. The number of hydrogen-bond donors (Lipinski definition) is 1. The maximum Gasteiger partial charge on any atom is 0.263 e. The van der Waals surface area contributed by atoms with E-state index in [1.54, 1.807) is 24.5 Å². The highest BCUT2D eigenvalue weighted by Gasteiger charge is 2.28. The zero-order valence-corrected chi connectivity index (χ0v) is 16.7. The lowest BCUT2D eigenvalue weighted by atomic mass is 9.97. The fourth-order valence-electron chi connectivity index (χ4n) is 3.58. The van der Waals surface area contributed by atoms with Crippen molar-refractivity contribution in [3.05, 3.63) is 72.3 Å². The average molecular weight is 406 g/mol. The zero-order chi connectivity index (χ0) is 20.9. The van der Waals surface area contributed by atoms with Crippen molar-refractivity contribution in [2.75, 3.05) is 23.3 Å². The smallest absolute Gasteiger partial charge is 0.263 e. The summed E-state index contributed by atoms with van der Waals surface area (Å²) >= 11 is 0. The molecule has 0 aliphatic carbocycles. The third kappa shape index (κ3) is 4.56. The van der Waals surface area contributed by atoms with Crippen LogP contribution >= 0.6 is 0 Å². The van der Waals surface area contributed by atoms with Gasteiger partial charge in [0, 0.05) is 31.2 Å². The van der Waals surface area contributed by atoms with Gasteiger partial charge in [-0.3, -0.25) is 4.79 Å². The highest BCUT2D eigenvalue weighted by atomic mass is 19.1. The maximum absolute atomic E-state index is 13.4. The summed E-state index contributed by atoms with van der Waals surface area (Å²) in [7, 11) is 0. The van der Waals surface area contributed by atoms with Crippen LogP contribution in [0.4, 0.5) is 15.9 Å². The van der Waals surface area contributed by atoms with Gasteiger partial charge in [0.1, 0.15) is 11.6 Å². The van der Waals surface area contributed by atoms with Crippen LogP contribution in [0.2, 0.25) is 0 Å².